The van der Waals surface area contributed by atoms with E-state index in [9.17, 15) is 24.3 Å². The Morgan fingerprint density at radius 2 is 2.07 bits per heavy atom. The van der Waals surface area contributed by atoms with Crippen LogP contribution in [0.1, 0.15) is 20.7 Å². The standard InChI is InChI=1S/C18H20BrN3O5S.Na.H/c19-6-12(23)20-13-16(25)22-14(18(26)27)11(8-28-17(13)22)5-10-3-4-21(15(10)24)7-9-1-2-9;;/h5,9,13,17H,1-4,6-8H2,(H,20,23)(H,26,27);;/q;+1;-1/b10-5+;;/t13-,17-;;/m1../s1. The number of alkyl halides is 1. The SMILES string of the molecule is O=C(CBr)N[C@@H]1C(=O)N2C(C(=O)O)=C(/C=C3\CCN(CC4CC4)C3=O)CS[C@H]12.[H-].[Na+]. The van der Waals surface area contributed by atoms with Crippen LogP contribution in [0.4, 0.5) is 0 Å². The number of hydrogen-bond donors (Lipinski definition) is 2. The number of aliphatic carboxylic acids is 1. The average Bonchev–Trinajstić information content (AvgIpc) is 3.44. The molecule has 0 aromatic heterocycles. The minimum atomic E-state index is -1.20. The number of carboxylic acids is 1. The maximum atomic E-state index is 12.6. The molecule has 3 heterocycles. The first-order valence-electron chi connectivity index (χ1n) is 9.17. The smallest absolute Gasteiger partial charge is 1.00 e. The molecule has 2 N–H and O–H groups in total. The van der Waals surface area contributed by atoms with Crippen LogP contribution in [0.2, 0.25) is 0 Å². The van der Waals surface area contributed by atoms with Gasteiger partial charge in [-0.25, -0.2) is 4.79 Å². The normalized spacial score (nSPS) is 27.6. The van der Waals surface area contributed by atoms with Gasteiger partial charge in [0.15, 0.2) is 0 Å². The van der Waals surface area contributed by atoms with Crippen LogP contribution in [-0.4, -0.2) is 74.2 Å². The molecule has 0 spiro atoms. The number of thioether (sulfide) groups is 1. The predicted octanol–water partition coefficient (Wildman–Crippen LogP) is -2.19. The Kier molecular flexibility index (Phi) is 7.20. The number of carboxylic acid groups (broad SMARTS) is 1. The number of β-lactam (4-membered cyclic amide) rings is 1. The zero-order valence-electron chi connectivity index (χ0n) is 17.0. The molecule has 29 heavy (non-hydrogen) atoms. The van der Waals surface area contributed by atoms with Gasteiger partial charge in [0.25, 0.3) is 5.91 Å². The molecule has 0 aromatic rings. The number of nitrogens with one attached hydrogen (secondary N) is 1. The van der Waals surface area contributed by atoms with Crippen molar-refractivity contribution in [3.8, 4) is 0 Å². The number of nitrogens with zero attached hydrogens (tertiary/aromatic N) is 2. The second-order valence-corrected chi connectivity index (χ2v) is 9.05. The number of carbonyl (C=O) groups is 4. The third-order valence-electron chi connectivity index (χ3n) is 5.38. The molecule has 0 unspecified atom stereocenters. The summed E-state index contributed by atoms with van der Waals surface area (Å²) in [4.78, 5) is 51.6. The van der Waals surface area contributed by atoms with Gasteiger partial charge in [-0.1, -0.05) is 15.9 Å². The van der Waals surface area contributed by atoms with Gasteiger partial charge in [-0.2, -0.15) is 0 Å². The number of likely N-dealkylation sites (tertiary alicyclic amines) is 1. The topological polar surface area (TPSA) is 107 Å². The van der Waals surface area contributed by atoms with Gasteiger partial charge in [-0.15, -0.1) is 11.8 Å². The molecular formula is C18H21BrN3NaO5S. The van der Waals surface area contributed by atoms with Gasteiger partial charge in [0.2, 0.25) is 11.8 Å². The maximum absolute atomic E-state index is 12.6. The van der Waals surface area contributed by atoms with E-state index < -0.39 is 23.3 Å². The van der Waals surface area contributed by atoms with E-state index in [0.717, 1.165) is 6.54 Å². The Labute approximate surface area is 204 Å². The zero-order chi connectivity index (χ0) is 20.0. The molecule has 1 aliphatic carbocycles. The Hall–Kier alpha value is -0.810. The van der Waals surface area contributed by atoms with Crippen molar-refractivity contribution in [1.82, 2.24) is 15.1 Å². The van der Waals surface area contributed by atoms with Gasteiger partial charge in [0, 0.05) is 24.4 Å². The van der Waals surface area contributed by atoms with E-state index >= 15 is 0 Å². The second-order valence-electron chi connectivity index (χ2n) is 7.38. The molecule has 4 rings (SSSR count). The number of allylic oxidation sites excluding steroid dienone is 1. The monoisotopic (exact) mass is 493 g/mol. The average molecular weight is 494 g/mol. The van der Waals surface area contributed by atoms with Crippen molar-refractivity contribution >= 4 is 51.4 Å². The molecule has 3 fully saturated rings. The van der Waals surface area contributed by atoms with E-state index in [2.05, 4.69) is 21.2 Å². The first-order chi connectivity index (χ1) is 13.4. The second kappa shape index (κ2) is 9.13. The van der Waals surface area contributed by atoms with Gasteiger partial charge >= 0.3 is 35.5 Å². The van der Waals surface area contributed by atoms with Gasteiger partial charge in [0.1, 0.15) is 17.1 Å². The summed E-state index contributed by atoms with van der Waals surface area (Å²) in [6.45, 7) is 1.44. The largest absolute Gasteiger partial charge is 1.00 e. The van der Waals surface area contributed by atoms with Crippen LogP contribution in [0.15, 0.2) is 22.9 Å². The van der Waals surface area contributed by atoms with Crippen molar-refractivity contribution in [3.05, 3.63) is 22.9 Å². The van der Waals surface area contributed by atoms with Crippen LogP contribution in [0.5, 0.6) is 0 Å². The van der Waals surface area contributed by atoms with Gasteiger partial charge in [-0.05, 0) is 36.8 Å². The van der Waals surface area contributed by atoms with E-state index in [1.54, 1.807) is 6.08 Å². The Bertz CT molecular complexity index is 835. The molecule has 0 aromatic carbocycles. The molecule has 11 heteroatoms. The van der Waals surface area contributed by atoms with Gasteiger partial charge < -0.3 is 16.7 Å². The fraction of sp³-hybridized carbons (Fsp3) is 0.556. The summed E-state index contributed by atoms with van der Waals surface area (Å²) in [6.07, 6.45) is 4.57. The number of hydrogen-bond acceptors (Lipinski definition) is 5. The van der Waals surface area contributed by atoms with Crippen LogP contribution in [0.25, 0.3) is 0 Å². The third-order valence-corrected chi connectivity index (χ3v) is 7.19. The van der Waals surface area contributed by atoms with Crippen LogP contribution in [-0.2, 0) is 19.2 Å². The molecule has 2 atom stereocenters. The van der Waals surface area contributed by atoms with E-state index in [1.807, 2.05) is 4.90 Å². The van der Waals surface area contributed by atoms with Crippen LogP contribution in [0.3, 0.4) is 0 Å². The number of halogens is 1. The minimum absolute atomic E-state index is 0. The quantitative estimate of drug-likeness (QED) is 0.188. The number of carbonyl (C=O) groups excluding carboxylic acids is 3. The van der Waals surface area contributed by atoms with Gasteiger partial charge in [0.05, 0.1) is 5.33 Å². The van der Waals surface area contributed by atoms with E-state index in [4.69, 9.17) is 0 Å². The van der Waals surface area contributed by atoms with Crippen molar-refractivity contribution in [1.29, 1.82) is 0 Å². The fourth-order valence-corrected chi connectivity index (χ4v) is 5.23. The molecular weight excluding hydrogens is 473 g/mol. The summed E-state index contributed by atoms with van der Waals surface area (Å²) >= 11 is 4.43. The van der Waals surface area contributed by atoms with E-state index in [0.29, 0.717) is 35.8 Å². The van der Waals surface area contributed by atoms with Gasteiger partial charge in [-0.3, -0.25) is 19.3 Å². The summed E-state index contributed by atoms with van der Waals surface area (Å²) in [7, 11) is 0. The summed E-state index contributed by atoms with van der Waals surface area (Å²) in [5.74, 6) is -1.01. The first-order valence-corrected chi connectivity index (χ1v) is 11.3. The Morgan fingerprint density at radius 1 is 1.34 bits per heavy atom. The molecule has 3 amide bonds. The molecule has 152 valence electrons. The summed E-state index contributed by atoms with van der Waals surface area (Å²) in [5, 5.41) is 12.0. The number of rotatable bonds is 6. The van der Waals surface area contributed by atoms with Crippen molar-refractivity contribution in [2.75, 3.05) is 24.2 Å². The van der Waals surface area contributed by atoms with Crippen molar-refractivity contribution in [2.45, 2.75) is 30.7 Å². The van der Waals surface area contributed by atoms with Crippen LogP contribution >= 0.6 is 27.7 Å². The molecule has 0 radical (unpaired) electrons. The molecule has 3 aliphatic heterocycles. The molecule has 0 bridgehead atoms. The first kappa shape index (κ1) is 22.9. The molecule has 4 aliphatic rings. The molecule has 2 saturated heterocycles. The van der Waals surface area contributed by atoms with Crippen molar-refractivity contribution < 1.29 is 55.3 Å². The van der Waals surface area contributed by atoms with Crippen LogP contribution in [0, 0.1) is 5.92 Å². The number of fused-ring (bicyclic) bond motifs is 1. The number of amides is 3. The Balaban J connectivity index is 0.00000160. The Morgan fingerprint density at radius 3 is 2.69 bits per heavy atom. The predicted molar refractivity (Wildman–Crippen MR) is 107 cm³/mol. The molecule has 1 saturated carbocycles. The third kappa shape index (κ3) is 4.46. The zero-order valence-corrected chi connectivity index (χ0v) is 20.4. The van der Waals surface area contributed by atoms with Crippen LogP contribution < -0.4 is 34.9 Å². The maximum Gasteiger partial charge on any atom is 1.00 e. The summed E-state index contributed by atoms with van der Waals surface area (Å²) in [6, 6.07) is -0.722. The van der Waals surface area contributed by atoms with Crippen molar-refractivity contribution in [2.24, 2.45) is 5.92 Å². The summed E-state index contributed by atoms with van der Waals surface area (Å²) in [5.41, 5.74) is 0.994. The van der Waals surface area contributed by atoms with Crippen molar-refractivity contribution in [3.63, 3.8) is 0 Å². The van der Waals surface area contributed by atoms with E-state index in [-0.39, 0.29) is 53.8 Å². The van der Waals surface area contributed by atoms with E-state index in [1.165, 1.54) is 29.5 Å². The molecule has 8 nitrogen and oxygen atoms in total. The summed E-state index contributed by atoms with van der Waals surface area (Å²) < 4.78 is 0. The fourth-order valence-electron chi connectivity index (χ4n) is 3.76. The minimum Gasteiger partial charge on any atom is -1.00 e.